The zero-order valence-corrected chi connectivity index (χ0v) is 13.5. The number of aromatic nitrogens is 5. The Hall–Kier alpha value is -3.19. The smallest absolute Gasteiger partial charge is 0.180 e. The number of benzene rings is 1. The van der Waals surface area contributed by atoms with Gasteiger partial charge in [0.05, 0.1) is 18.1 Å². The van der Waals surface area contributed by atoms with E-state index in [1.165, 1.54) is 11.1 Å². The summed E-state index contributed by atoms with van der Waals surface area (Å²) in [6.45, 7) is 0. The normalized spacial score (nSPS) is 16.3. The van der Waals surface area contributed by atoms with Crippen molar-refractivity contribution in [1.82, 2.24) is 24.6 Å². The van der Waals surface area contributed by atoms with E-state index in [0.717, 1.165) is 41.3 Å². The molecular weight excluding hydrogens is 314 g/mol. The van der Waals surface area contributed by atoms with E-state index in [2.05, 4.69) is 43.7 Å². The molecule has 7 nitrogen and oxygen atoms in total. The van der Waals surface area contributed by atoms with Crippen molar-refractivity contribution in [2.45, 2.75) is 18.9 Å². The Morgan fingerprint density at radius 1 is 1.16 bits per heavy atom. The van der Waals surface area contributed by atoms with Gasteiger partial charge in [0.2, 0.25) is 0 Å². The molecule has 3 heterocycles. The van der Waals surface area contributed by atoms with Crippen molar-refractivity contribution in [3.63, 3.8) is 0 Å². The van der Waals surface area contributed by atoms with Crippen molar-refractivity contribution in [3.05, 3.63) is 60.3 Å². The molecule has 25 heavy (non-hydrogen) atoms. The molecule has 0 radical (unpaired) electrons. The van der Waals surface area contributed by atoms with Gasteiger partial charge >= 0.3 is 0 Å². The summed E-state index contributed by atoms with van der Waals surface area (Å²) in [5.41, 5.74) is 12.4. The molecule has 4 N–H and O–H groups in total. The van der Waals surface area contributed by atoms with Gasteiger partial charge in [0.25, 0.3) is 0 Å². The summed E-state index contributed by atoms with van der Waals surface area (Å²) in [7, 11) is 0. The molecule has 0 amide bonds. The van der Waals surface area contributed by atoms with Crippen LogP contribution >= 0.6 is 0 Å². The van der Waals surface area contributed by atoms with Gasteiger partial charge in [-0.1, -0.05) is 6.07 Å². The van der Waals surface area contributed by atoms with E-state index in [1.54, 1.807) is 12.4 Å². The van der Waals surface area contributed by atoms with Gasteiger partial charge in [-0.05, 0) is 36.1 Å². The standard InChI is InChI=1S/C18H17N7/c19-14-5-11-1-2-15(7-12(11)6-14)24-17-18-21-10-16(13-8-22-23-9-13)25(18)4-3-20-17/h1-4,7-10,14H,5-6,19H2,(H,20,24)(H,22,23). The number of imidazole rings is 1. The van der Waals surface area contributed by atoms with Crippen molar-refractivity contribution < 1.29 is 0 Å². The summed E-state index contributed by atoms with van der Waals surface area (Å²) in [4.78, 5) is 8.99. The summed E-state index contributed by atoms with van der Waals surface area (Å²) >= 11 is 0. The molecule has 0 aliphatic heterocycles. The number of fused-ring (bicyclic) bond motifs is 2. The maximum Gasteiger partial charge on any atom is 0.180 e. The maximum atomic E-state index is 6.06. The predicted molar refractivity (Wildman–Crippen MR) is 95.7 cm³/mol. The van der Waals surface area contributed by atoms with Gasteiger partial charge in [-0.3, -0.25) is 9.50 Å². The quantitative estimate of drug-likeness (QED) is 0.535. The van der Waals surface area contributed by atoms with Crippen molar-refractivity contribution in [2.75, 3.05) is 5.32 Å². The van der Waals surface area contributed by atoms with Crippen molar-refractivity contribution in [1.29, 1.82) is 0 Å². The summed E-state index contributed by atoms with van der Waals surface area (Å²) in [5.74, 6) is 0.722. The molecule has 3 aromatic heterocycles. The number of nitrogens with one attached hydrogen (secondary N) is 2. The third kappa shape index (κ3) is 2.36. The first-order valence-electron chi connectivity index (χ1n) is 8.23. The molecule has 0 saturated carbocycles. The van der Waals surface area contributed by atoms with Gasteiger partial charge < -0.3 is 11.1 Å². The molecule has 1 aromatic carbocycles. The van der Waals surface area contributed by atoms with Crippen molar-refractivity contribution in [3.8, 4) is 11.3 Å². The molecule has 124 valence electrons. The highest BCUT2D eigenvalue weighted by molar-refractivity contribution is 5.74. The van der Waals surface area contributed by atoms with Gasteiger partial charge in [-0.15, -0.1) is 0 Å². The van der Waals surface area contributed by atoms with E-state index in [-0.39, 0.29) is 6.04 Å². The Kier molecular flexibility index (Phi) is 3.07. The molecule has 1 atom stereocenters. The van der Waals surface area contributed by atoms with Gasteiger partial charge in [0.1, 0.15) is 0 Å². The van der Waals surface area contributed by atoms with Crippen LogP contribution in [0.15, 0.2) is 49.2 Å². The number of H-pyrrole nitrogens is 1. The van der Waals surface area contributed by atoms with Gasteiger partial charge in [0.15, 0.2) is 11.5 Å². The van der Waals surface area contributed by atoms with E-state index in [0.29, 0.717) is 0 Å². The average Bonchev–Trinajstić information content (AvgIpc) is 3.32. The fourth-order valence-corrected chi connectivity index (χ4v) is 3.48. The topological polar surface area (TPSA) is 96.9 Å². The SMILES string of the molecule is NC1Cc2ccc(Nc3nccn4c(-c5cn[nH]c5)cnc34)cc2C1. The molecule has 4 aromatic rings. The minimum Gasteiger partial charge on any atom is -0.337 e. The molecule has 0 saturated heterocycles. The first-order chi connectivity index (χ1) is 12.3. The summed E-state index contributed by atoms with van der Waals surface area (Å²) in [6, 6.07) is 6.61. The number of anilines is 2. The number of rotatable bonds is 3. The molecule has 0 spiro atoms. The molecule has 7 heteroatoms. The lowest BCUT2D eigenvalue weighted by Gasteiger charge is -2.09. The number of aromatic amines is 1. The zero-order valence-electron chi connectivity index (χ0n) is 13.5. The fraction of sp³-hybridized carbons (Fsp3) is 0.167. The number of nitrogens with two attached hydrogens (primary N) is 1. The molecule has 5 rings (SSSR count). The third-order valence-electron chi connectivity index (χ3n) is 4.66. The van der Waals surface area contributed by atoms with E-state index in [9.17, 15) is 0 Å². The minimum atomic E-state index is 0.233. The first kappa shape index (κ1) is 14.2. The Bertz CT molecular complexity index is 1050. The van der Waals surface area contributed by atoms with E-state index in [1.807, 2.05) is 23.0 Å². The Morgan fingerprint density at radius 2 is 2.08 bits per heavy atom. The van der Waals surface area contributed by atoms with Crippen molar-refractivity contribution in [2.24, 2.45) is 5.73 Å². The Balaban J connectivity index is 1.53. The summed E-state index contributed by atoms with van der Waals surface area (Å²) in [5, 5.41) is 10.2. The van der Waals surface area contributed by atoms with Crippen LogP contribution in [-0.4, -0.2) is 30.6 Å². The lowest BCUT2D eigenvalue weighted by Crippen LogP contribution is -2.18. The first-order valence-corrected chi connectivity index (χ1v) is 8.23. The molecule has 0 bridgehead atoms. The van der Waals surface area contributed by atoms with Crippen LogP contribution in [0.25, 0.3) is 16.9 Å². The third-order valence-corrected chi connectivity index (χ3v) is 4.66. The molecule has 1 unspecified atom stereocenters. The maximum absolute atomic E-state index is 6.06. The van der Waals surface area contributed by atoms with E-state index >= 15 is 0 Å². The van der Waals surface area contributed by atoms with E-state index in [4.69, 9.17) is 5.73 Å². The summed E-state index contributed by atoms with van der Waals surface area (Å²) in [6.07, 6.45) is 11.0. The van der Waals surface area contributed by atoms with Crippen LogP contribution in [0.2, 0.25) is 0 Å². The number of hydrogen-bond acceptors (Lipinski definition) is 5. The van der Waals surface area contributed by atoms with Crippen LogP contribution in [0.5, 0.6) is 0 Å². The molecular formula is C18H17N7. The van der Waals surface area contributed by atoms with Crippen LogP contribution in [0.4, 0.5) is 11.5 Å². The second kappa shape index (κ2) is 5.42. The predicted octanol–water partition coefficient (Wildman–Crippen LogP) is 2.29. The Morgan fingerprint density at radius 3 is 2.96 bits per heavy atom. The molecule has 1 aliphatic rings. The lowest BCUT2D eigenvalue weighted by molar-refractivity contribution is 0.721. The monoisotopic (exact) mass is 331 g/mol. The number of nitrogens with zero attached hydrogens (tertiary/aromatic N) is 4. The lowest BCUT2D eigenvalue weighted by atomic mass is 10.1. The van der Waals surface area contributed by atoms with Gasteiger partial charge in [-0.25, -0.2) is 9.97 Å². The highest BCUT2D eigenvalue weighted by Gasteiger charge is 2.18. The van der Waals surface area contributed by atoms with Crippen LogP contribution in [0, 0.1) is 0 Å². The highest BCUT2D eigenvalue weighted by Crippen LogP contribution is 2.28. The van der Waals surface area contributed by atoms with Crippen LogP contribution < -0.4 is 11.1 Å². The highest BCUT2D eigenvalue weighted by atomic mass is 15.1. The Labute approximate surface area is 143 Å². The van der Waals surface area contributed by atoms with E-state index < -0.39 is 0 Å². The molecule has 1 aliphatic carbocycles. The van der Waals surface area contributed by atoms with Crippen LogP contribution in [-0.2, 0) is 12.8 Å². The largest absolute Gasteiger partial charge is 0.337 e. The molecule has 0 fully saturated rings. The van der Waals surface area contributed by atoms with Gasteiger partial charge in [-0.2, -0.15) is 5.10 Å². The zero-order chi connectivity index (χ0) is 16.8. The second-order valence-corrected chi connectivity index (χ2v) is 6.38. The van der Waals surface area contributed by atoms with Gasteiger partial charge in [0, 0.05) is 35.9 Å². The van der Waals surface area contributed by atoms with Crippen LogP contribution in [0.3, 0.4) is 0 Å². The van der Waals surface area contributed by atoms with Crippen LogP contribution in [0.1, 0.15) is 11.1 Å². The number of hydrogen-bond donors (Lipinski definition) is 3. The van der Waals surface area contributed by atoms with Crippen molar-refractivity contribution >= 4 is 17.2 Å². The average molecular weight is 331 g/mol. The fourth-order valence-electron chi connectivity index (χ4n) is 3.48. The second-order valence-electron chi connectivity index (χ2n) is 6.38. The summed E-state index contributed by atoms with van der Waals surface area (Å²) < 4.78 is 2.00. The minimum absolute atomic E-state index is 0.233.